The molecule has 0 spiro atoms. The standard InChI is InChI=1S/C11H17NO6S/c1-3-18-10(14)11(12)5-19(15,16)9-6(8(9)11)4-7(13)17-2/h6,8-9H,3-5,12H2,1-2H3/t6-,8-,9+,11+/m1/s1. The minimum atomic E-state index is -3.46. The average Bonchev–Trinajstić information content (AvgIpc) is 2.98. The van der Waals surface area contributed by atoms with E-state index in [1.54, 1.807) is 6.92 Å². The van der Waals surface area contributed by atoms with Gasteiger partial charge >= 0.3 is 11.9 Å². The molecule has 0 bridgehead atoms. The number of hydrogen-bond donors (Lipinski definition) is 1. The van der Waals surface area contributed by atoms with Gasteiger partial charge in [0.1, 0.15) is 5.54 Å². The van der Waals surface area contributed by atoms with Crippen LogP contribution in [0.2, 0.25) is 0 Å². The first-order valence-corrected chi connectivity index (χ1v) is 7.74. The molecule has 4 atom stereocenters. The van der Waals surface area contributed by atoms with Gasteiger partial charge in [0.15, 0.2) is 9.84 Å². The Morgan fingerprint density at radius 1 is 1.42 bits per heavy atom. The molecule has 0 unspecified atom stereocenters. The molecule has 2 aliphatic rings. The van der Waals surface area contributed by atoms with Gasteiger partial charge in [0.05, 0.1) is 24.7 Å². The summed E-state index contributed by atoms with van der Waals surface area (Å²) in [7, 11) is -2.23. The van der Waals surface area contributed by atoms with Gasteiger partial charge in [-0.3, -0.25) is 9.59 Å². The summed E-state index contributed by atoms with van der Waals surface area (Å²) in [5, 5.41) is -0.721. The Kier molecular flexibility index (Phi) is 3.34. The summed E-state index contributed by atoms with van der Waals surface area (Å²) in [6.07, 6.45) is -0.0383. The van der Waals surface area contributed by atoms with E-state index in [1.807, 2.05) is 0 Å². The van der Waals surface area contributed by atoms with Crippen LogP contribution in [0.3, 0.4) is 0 Å². The van der Waals surface area contributed by atoms with Crippen molar-refractivity contribution < 1.29 is 27.5 Å². The zero-order chi connectivity index (χ0) is 14.4. The van der Waals surface area contributed by atoms with Crippen LogP contribution in [0.4, 0.5) is 0 Å². The molecule has 0 radical (unpaired) electrons. The van der Waals surface area contributed by atoms with Crippen LogP contribution >= 0.6 is 0 Å². The second-order valence-corrected chi connectivity index (χ2v) is 7.16. The maximum atomic E-state index is 12.0. The third kappa shape index (κ3) is 2.12. The Hall–Kier alpha value is -1.15. The highest BCUT2D eigenvalue weighted by Gasteiger charge is 2.75. The molecular formula is C11H17NO6S. The molecule has 1 aliphatic heterocycles. The highest BCUT2D eigenvalue weighted by atomic mass is 32.2. The summed E-state index contributed by atoms with van der Waals surface area (Å²) in [6.45, 7) is 1.76. The van der Waals surface area contributed by atoms with Gasteiger partial charge in [-0.2, -0.15) is 0 Å². The molecule has 0 aromatic rings. The molecule has 2 fully saturated rings. The van der Waals surface area contributed by atoms with E-state index in [0.29, 0.717) is 0 Å². The monoisotopic (exact) mass is 291 g/mol. The minimum Gasteiger partial charge on any atom is -0.469 e. The highest BCUT2D eigenvalue weighted by molar-refractivity contribution is 7.92. The van der Waals surface area contributed by atoms with Gasteiger partial charge in [0.2, 0.25) is 0 Å². The Balaban J connectivity index is 2.21. The summed E-state index contributed by atoms with van der Waals surface area (Å²) in [5.74, 6) is -2.61. The maximum Gasteiger partial charge on any atom is 0.327 e. The molecule has 0 aromatic heterocycles. The van der Waals surface area contributed by atoms with E-state index < -0.39 is 50.2 Å². The first-order valence-electron chi connectivity index (χ1n) is 6.02. The van der Waals surface area contributed by atoms with Gasteiger partial charge in [-0.25, -0.2) is 8.42 Å². The molecule has 2 rings (SSSR count). The zero-order valence-corrected chi connectivity index (χ0v) is 11.6. The van der Waals surface area contributed by atoms with Crippen LogP contribution in [0.25, 0.3) is 0 Å². The number of sulfone groups is 1. The molecular weight excluding hydrogens is 274 g/mol. The van der Waals surface area contributed by atoms with E-state index in [-0.39, 0.29) is 13.0 Å². The van der Waals surface area contributed by atoms with Gasteiger partial charge < -0.3 is 15.2 Å². The van der Waals surface area contributed by atoms with Crippen LogP contribution in [0.15, 0.2) is 0 Å². The van der Waals surface area contributed by atoms with E-state index in [4.69, 9.17) is 10.5 Å². The molecule has 19 heavy (non-hydrogen) atoms. The SMILES string of the molecule is CCOC(=O)[C@]1(N)CS(=O)(=O)[C@H]2[C@H](CC(=O)OC)[C@H]21. The smallest absolute Gasteiger partial charge is 0.327 e. The zero-order valence-electron chi connectivity index (χ0n) is 10.8. The topological polar surface area (TPSA) is 113 Å². The first-order chi connectivity index (χ1) is 8.78. The molecule has 108 valence electrons. The van der Waals surface area contributed by atoms with Crippen LogP contribution in [0.5, 0.6) is 0 Å². The Morgan fingerprint density at radius 2 is 2.05 bits per heavy atom. The van der Waals surface area contributed by atoms with Crippen LogP contribution < -0.4 is 5.73 Å². The average molecular weight is 291 g/mol. The van der Waals surface area contributed by atoms with E-state index >= 15 is 0 Å². The second-order valence-electron chi connectivity index (χ2n) is 5.00. The normalized spacial score (nSPS) is 38.4. The Labute approximate surface area is 111 Å². The van der Waals surface area contributed by atoms with Crippen molar-refractivity contribution >= 4 is 21.8 Å². The molecule has 1 saturated carbocycles. The Morgan fingerprint density at radius 3 is 2.58 bits per heavy atom. The fourth-order valence-corrected chi connectivity index (χ4v) is 5.78. The Bertz CT molecular complexity index is 515. The lowest BCUT2D eigenvalue weighted by Gasteiger charge is -2.23. The van der Waals surface area contributed by atoms with Gasteiger partial charge in [0, 0.05) is 12.3 Å². The fraction of sp³-hybridized carbons (Fsp3) is 0.818. The van der Waals surface area contributed by atoms with E-state index in [1.165, 1.54) is 7.11 Å². The molecule has 2 N–H and O–H groups in total. The molecule has 1 heterocycles. The number of nitrogens with two attached hydrogens (primary N) is 1. The lowest BCUT2D eigenvalue weighted by Crippen LogP contribution is -2.54. The maximum absolute atomic E-state index is 12.0. The van der Waals surface area contributed by atoms with Crippen molar-refractivity contribution in [2.75, 3.05) is 19.5 Å². The quantitative estimate of drug-likeness (QED) is 0.651. The number of carbonyl (C=O) groups is 2. The van der Waals surface area contributed by atoms with Gasteiger partial charge in [0.25, 0.3) is 0 Å². The van der Waals surface area contributed by atoms with Crippen LogP contribution in [0.1, 0.15) is 13.3 Å². The minimum absolute atomic E-state index is 0.0383. The summed E-state index contributed by atoms with van der Waals surface area (Å²) >= 11 is 0. The number of hydrogen-bond acceptors (Lipinski definition) is 7. The van der Waals surface area contributed by atoms with Gasteiger partial charge in [-0.15, -0.1) is 0 Å². The van der Waals surface area contributed by atoms with Crippen molar-refractivity contribution in [1.82, 2.24) is 0 Å². The number of carbonyl (C=O) groups excluding carboxylic acids is 2. The first kappa shape index (κ1) is 14.3. The van der Waals surface area contributed by atoms with Crippen molar-refractivity contribution in [3.8, 4) is 0 Å². The molecule has 8 heteroatoms. The van der Waals surface area contributed by atoms with E-state index in [2.05, 4.69) is 4.74 Å². The second kappa shape index (κ2) is 4.45. The van der Waals surface area contributed by atoms with Crippen molar-refractivity contribution in [2.24, 2.45) is 17.6 Å². The largest absolute Gasteiger partial charge is 0.469 e. The van der Waals surface area contributed by atoms with Crippen LogP contribution in [-0.4, -0.2) is 50.6 Å². The molecule has 0 aromatic carbocycles. The highest BCUT2D eigenvalue weighted by Crippen LogP contribution is 2.58. The third-order valence-electron chi connectivity index (χ3n) is 3.83. The number of esters is 2. The predicted molar refractivity (Wildman–Crippen MR) is 64.7 cm³/mol. The lowest BCUT2D eigenvalue weighted by atomic mass is 9.95. The summed E-state index contributed by atoms with van der Waals surface area (Å²) in [5.41, 5.74) is 4.42. The third-order valence-corrected chi connectivity index (χ3v) is 6.18. The van der Waals surface area contributed by atoms with Crippen LogP contribution in [-0.2, 0) is 28.9 Å². The molecule has 0 amide bonds. The van der Waals surface area contributed by atoms with Gasteiger partial charge in [-0.1, -0.05) is 0 Å². The van der Waals surface area contributed by atoms with Crippen molar-refractivity contribution in [1.29, 1.82) is 0 Å². The van der Waals surface area contributed by atoms with Crippen molar-refractivity contribution in [3.63, 3.8) is 0 Å². The number of ether oxygens (including phenoxy) is 2. The molecule has 7 nitrogen and oxygen atoms in total. The van der Waals surface area contributed by atoms with Crippen molar-refractivity contribution in [2.45, 2.75) is 24.1 Å². The number of fused-ring (bicyclic) bond motifs is 1. The fourth-order valence-electron chi connectivity index (χ4n) is 3.01. The van der Waals surface area contributed by atoms with Crippen LogP contribution in [0, 0.1) is 11.8 Å². The van der Waals surface area contributed by atoms with E-state index in [9.17, 15) is 18.0 Å². The summed E-state index contributed by atoms with van der Waals surface area (Å²) in [4.78, 5) is 23.1. The predicted octanol–water partition coefficient (Wildman–Crippen LogP) is -1.15. The van der Waals surface area contributed by atoms with Crippen molar-refractivity contribution in [3.05, 3.63) is 0 Å². The van der Waals surface area contributed by atoms with E-state index in [0.717, 1.165) is 0 Å². The molecule has 1 saturated heterocycles. The summed E-state index contributed by atoms with van der Waals surface area (Å²) in [6, 6.07) is 0. The molecule has 1 aliphatic carbocycles. The number of rotatable bonds is 4. The lowest BCUT2D eigenvalue weighted by molar-refractivity contribution is -0.150. The van der Waals surface area contributed by atoms with Gasteiger partial charge in [-0.05, 0) is 12.8 Å². The number of methoxy groups -OCH3 is 1. The summed E-state index contributed by atoms with van der Waals surface area (Å²) < 4.78 is 33.3.